The zero-order valence-corrected chi connectivity index (χ0v) is 12.2. The Morgan fingerprint density at radius 2 is 1.39 bits per heavy atom. The molecule has 0 radical (unpaired) electrons. The quantitative estimate of drug-likeness (QED) is 0.619. The predicted molar refractivity (Wildman–Crippen MR) is 80.6 cm³/mol. The summed E-state index contributed by atoms with van der Waals surface area (Å²) in [6.45, 7) is 0. The monoisotopic (exact) mass is 316 g/mol. The van der Waals surface area contributed by atoms with Gasteiger partial charge in [0.1, 0.15) is 4.49 Å². The lowest BCUT2D eigenvalue weighted by Gasteiger charge is -2.09. The number of rotatable bonds is 2. The molecule has 92 valence electrons. The summed E-state index contributed by atoms with van der Waals surface area (Å²) in [5.41, 5.74) is 2.49. The summed E-state index contributed by atoms with van der Waals surface area (Å²) < 4.78 is 0.194. The average molecular weight is 318 g/mol. The molecule has 0 spiro atoms. The van der Waals surface area contributed by atoms with Crippen molar-refractivity contribution in [1.82, 2.24) is 0 Å². The van der Waals surface area contributed by atoms with Crippen LogP contribution in [0.1, 0.15) is 11.1 Å². The number of hydrogen-bond donors (Lipinski definition) is 0. The molecule has 0 aliphatic carbocycles. The van der Waals surface area contributed by atoms with Crippen LogP contribution in [0, 0.1) is 0 Å². The van der Waals surface area contributed by atoms with E-state index < -0.39 is 0 Å². The molecule has 2 aromatic rings. The maximum Gasteiger partial charge on any atom is 0.115 e. The van der Waals surface area contributed by atoms with E-state index in [4.69, 9.17) is 46.4 Å². The molecule has 0 saturated carbocycles. The third kappa shape index (κ3) is 3.21. The van der Waals surface area contributed by atoms with E-state index in [1.165, 1.54) is 0 Å². The Labute approximate surface area is 126 Å². The van der Waals surface area contributed by atoms with Gasteiger partial charge in [0.2, 0.25) is 0 Å². The van der Waals surface area contributed by atoms with E-state index in [0.717, 1.165) is 16.7 Å². The molecular weight excluding hydrogens is 310 g/mol. The first-order valence-corrected chi connectivity index (χ1v) is 6.66. The lowest BCUT2D eigenvalue weighted by molar-refractivity contribution is 1.55. The van der Waals surface area contributed by atoms with E-state index in [0.29, 0.717) is 10.0 Å². The van der Waals surface area contributed by atoms with Gasteiger partial charge in [0, 0.05) is 15.6 Å². The van der Waals surface area contributed by atoms with Crippen molar-refractivity contribution in [2.75, 3.05) is 0 Å². The Kier molecular flexibility index (Phi) is 4.58. The fraction of sp³-hybridized carbons (Fsp3) is 0. The minimum absolute atomic E-state index is 0.194. The summed E-state index contributed by atoms with van der Waals surface area (Å²) in [5.74, 6) is 0. The normalized spacial score (nSPS) is 10.2. The summed E-state index contributed by atoms with van der Waals surface area (Å²) in [5, 5.41) is 1.29. The molecule has 0 fully saturated rings. The van der Waals surface area contributed by atoms with Crippen molar-refractivity contribution in [3.05, 3.63) is 74.2 Å². The number of benzene rings is 2. The highest BCUT2D eigenvalue weighted by atomic mass is 35.5. The van der Waals surface area contributed by atoms with Crippen molar-refractivity contribution in [1.29, 1.82) is 0 Å². The third-order valence-corrected chi connectivity index (χ3v) is 3.30. The zero-order valence-electron chi connectivity index (χ0n) is 9.13. The molecule has 0 bridgehead atoms. The molecule has 2 rings (SSSR count). The maximum atomic E-state index is 5.98. The van der Waals surface area contributed by atoms with Gasteiger partial charge in [-0.1, -0.05) is 70.7 Å². The second kappa shape index (κ2) is 5.99. The van der Waals surface area contributed by atoms with Gasteiger partial charge in [-0.25, -0.2) is 0 Å². The van der Waals surface area contributed by atoms with Crippen LogP contribution in [0.4, 0.5) is 0 Å². The van der Waals surface area contributed by atoms with Gasteiger partial charge in [-0.3, -0.25) is 0 Å². The minimum Gasteiger partial charge on any atom is -0.0843 e. The van der Waals surface area contributed by atoms with Crippen molar-refractivity contribution in [2.24, 2.45) is 0 Å². The molecule has 0 aliphatic rings. The highest BCUT2D eigenvalue weighted by Crippen LogP contribution is 2.32. The molecule has 18 heavy (non-hydrogen) atoms. The van der Waals surface area contributed by atoms with Gasteiger partial charge in [0.25, 0.3) is 0 Å². The Hall–Kier alpha value is -0.660. The standard InChI is InChI=1S/C14H8Cl4/c15-11-6-4-9(5-7-11)13(14(17)18)10-2-1-3-12(16)8-10/h1-8H. The van der Waals surface area contributed by atoms with Gasteiger partial charge in [-0.05, 0) is 35.4 Å². The maximum absolute atomic E-state index is 5.98. The van der Waals surface area contributed by atoms with Crippen LogP contribution in [-0.2, 0) is 0 Å². The van der Waals surface area contributed by atoms with Crippen LogP contribution in [0.3, 0.4) is 0 Å². The molecule has 0 saturated heterocycles. The van der Waals surface area contributed by atoms with E-state index in [1.807, 2.05) is 30.3 Å². The second-order valence-electron chi connectivity index (χ2n) is 3.65. The van der Waals surface area contributed by atoms with Crippen LogP contribution in [0.15, 0.2) is 53.0 Å². The predicted octanol–water partition coefficient (Wildman–Crippen LogP) is 6.19. The van der Waals surface area contributed by atoms with Gasteiger partial charge in [-0.2, -0.15) is 0 Å². The molecule has 0 amide bonds. The summed E-state index contributed by atoms with van der Waals surface area (Å²) in [6.07, 6.45) is 0. The Balaban J connectivity index is 2.55. The highest BCUT2D eigenvalue weighted by molar-refractivity contribution is 6.59. The Bertz CT molecular complexity index is 581. The molecule has 0 aliphatic heterocycles. The van der Waals surface area contributed by atoms with Gasteiger partial charge < -0.3 is 0 Å². The lowest BCUT2D eigenvalue weighted by atomic mass is 10.00. The molecule has 4 heteroatoms. The summed E-state index contributed by atoms with van der Waals surface area (Å²) >= 11 is 23.8. The highest BCUT2D eigenvalue weighted by Gasteiger charge is 2.09. The van der Waals surface area contributed by atoms with Gasteiger partial charge >= 0.3 is 0 Å². The van der Waals surface area contributed by atoms with E-state index in [-0.39, 0.29) is 4.49 Å². The largest absolute Gasteiger partial charge is 0.115 e. The molecule has 0 N–H and O–H groups in total. The van der Waals surface area contributed by atoms with Crippen LogP contribution in [0.25, 0.3) is 5.57 Å². The summed E-state index contributed by atoms with van der Waals surface area (Å²) in [4.78, 5) is 0. The first-order chi connectivity index (χ1) is 8.58. The van der Waals surface area contributed by atoms with Crippen molar-refractivity contribution >= 4 is 52.0 Å². The second-order valence-corrected chi connectivity index (χ2v) is 5.47. The first kappa shape index (κ1) is 13.8. The summed E-state index contributed by atoms with van der Waals surface area (Å²) in [6, 6.07) is 14.7. The Morgan fingerprint density at radius 3 is 1.94 bits per heavy atom. The van der Waals surface area contributed by atoms with Crippen LogP contribution >= 0.6 is 46.4 Å². The van der Waals surface area contributed by atoms with Crippen LogP contribution in [-0.4, -0.2) is 0 Å². The van der Waals surface area contributed by atoms with Gasteiger partial charge in [0.05, 0.1) is 0 Å². The van der Waals surface area contributed by atoms with Crippen LogP contribution in [0.2, 0.25) is 10.0 Å². The SMILES string of the molecule is ClC(Cl)=C(c1ccc(Cl)cc1)c1cccc(Cl)c1. The molecule has 2 aromatic carbocycles. The van der Waals surface area contributed by atoms with Crippen molar-refractivity contribution in [3.63, 3.8) is 0 Å². The van der Waals surface area contributed by atoms with E-state index in [2.05, 4.69) is 0 Å². The zero-order chi connectivity index (χ0) is 13.1. The molecule has 0 atom stereocenters. The van der Waals surface area contributed by atoms with E-state index in [9.17, 15) is 0 Å². The van der Waals surface area contributed by atoms with Crippen LogP contribution in [0.5, 0.6) is 0 Å². The molecule has 0 aromatic heterocycles. The first-order valence-electron chi connectivity index (χ1n) is 5.15. The van der Waals surface area contributed by atoms with Crippen molar-refractivity contribution in [3.8, 4) is 0 Å². The molecule has 0 nitrogen and oxygen atoms in total. The molecular formula is C14H8Cl4. The molecule has 0 heterocycles. The van der Waals surface area contributed by atoms with E-state index in [1.54, 1.807) is 18.2 Å². The topological polar surface area (TPSA) is 0 Å². The summed E-state index contributed by atoms with van der Waals surface area (Å²) in [7, 11) is 0. The number of halogens is 4. The smallest absolute Gasteiger partial charge is 0.0843 e. The fourth-order valence-electron chi connectivity index (χ4n) is 1.65. The van der Waals surface area contributed by atoms with Gasteiger partial charge in [-0.15, -0.1) is 0 Å². The number of hydrogen-bond acceptors (Lipinski definition) is 0. The fourth-order valence-corrected chi connectivity index (χ4v) is 2.40. The third-order valence-electron chi connectivity index (χ3n) is 2.44. The Morgan fingerprint density at radius 1 is 0.722 bits per heavy atom. The lowest BCUT2D eigenvalue weighted by Crippen LogP contribution is -1.88. The minimum atomic E-state index is 0.194. The van der Waals surface area contributed by atoms with E-state index >= 15 is 0 Å². The van der Waals surface area contributed by atoms with Crippen molar-refractivity contribution in [2.45, 2.75) is 0 Å². The van der Waals surface area contributed by atoms with Crippen molar-refractivity contribution < 1.29 is 0 Å². The van der Waals surface area contributed by atoms with Gasteiger partial charge in [0.15, 0.2) is 0 Å². The average Bonchev–Trinajstić information content (AvgIpc) is 2.32. The van der Waals surface area contributed by atoms with Crippen LogP contribution < -0.4 is 0 Å². The molecule has 0 unspecified atom stereocenters.